The average molecular weight is 226 g/mol. The molecule has 0 aliphatic heterocycles. The summed E-state index contributed by atoms with van der Waals surface area (Å²) >= 11 is 5.88. The van der Waals surface area contributed by atoms with Crippen LogP contribution in [0.4, 0.5) is 0 Å². The second-order valence-corrected chi connectivity index (χ2v) is 3.68. The molecule has 0 aliphatic carbocycles. The van der Waals surface area contributed by atoms with Gasteiger partial charge in [0.05, 0.1) is 24.8 Å². The van der Waals surface area contributed by atoms with Gasteiger partial charge in [-0.15, -0.1) is 0 Å². The van der Waals surface area contributed by atoms with Crippen LogP contribution in [0.2, 0.25) is 5.15 Å². The number of aromatic nitrogens is 4. The minimum absolute atomic E-state index is 0.453. The molecule has 0 saturated carbocycles. The molecule has 6 heteroatoms. The van der Waals surface area contributed by atoms with Crippen molar-refractivity contribution in [1.82, 2.24) is 19.1 Å². The molecule has 0 aliphatic rings. The monoisotopic (exact) mass is 225 g/mol. The molecule has 0 atom stereocenters. The van der Waals surface area contributed by atoms with Gasteiger partial charge in [-0.05, 0) is 0 Å². The van der Waals surface area contributed by atoms with E-state index in [1.54, 1.807) is 12.5 Å². The van der Waals surface area contributed by atoms with Gasteiger partial charge in [0, 0.05) is 19.8 Å². The Kier molecular flexibility index (Phi) is 2.75. The van der Waals surface area contributed by atoms with Crippen LogP contribution in [-0.4, -0.2) is 19.1 Å². The molecule has 0 bridgehead atoms. The van der Waals surface area contributed by atoms with Crippen molar-refractivity contribution in [3.05, 3.63) is 35.4 Å². The third-order valence-electron chi connectivity index (χ3n) is 2.25. The zero-order valence-electron chi connectivity index (χ0n) is 8.39. The zero-order valence-corrected chi connectivity index (χ0v) is 9.15. The van der Waals surface area contributed by atoms with Crippen LogP contribution < -0.4 is 5.73 Å². The topological polar surface area (TPSA) is 61.7 Å². The van der Waals surface area contributed by atoms with E-state index in [2.05, 4.69) is 9.97 Å². The van der Waals surface area contributed by atoms with E-state index in [4.69, 9.17) is 17.3 Å². The Hall–Kier alpha value is -1.33. The van der Waals surface area contributed by atoms with Crippen molar-refractivity contribution < 1.29 is 0 Å². The fraction of sp³-hybridized carbons (Fsp3) is 0.333. The maximum Gasteiger partial charge on any atom is 0.129 e. The summed E-state index contributed by atoms with van der Waals surface area (Å²) in [4.78, 5) is 8.33. The summed E-state index contributed by atoms with van der Waals surface area (Å²) in [7, 11) is 1.88. The SMILES string of the molecule is Cn1c(Cl)cnc1Cn1cnc(CN)c1. The number of halogens is 1. The lowest BCUT2D eigenvalue weighted by atomic mass is 10.5. The fourth-order valence-electron chi connectivity index (χ4n) is 1.33. The van der Waals surface area contributed by atoms with E-state index >= 15 is 0 Å². The summed E-state index contributed by atoms with van der Waals surface area (Å²) in [5.74, 6) is 0.890. The maximum atomic E-state index is 5.88. The molecule has 15 heavy (non-hydrogen) atoms. The van der Waals surface area contributed by atoms with Gasteiger partial charge in [0.25, 0.3) is 0 Å². The molecule has 0 aromatic carbocycles. The Bertz CT molecular complexity index is 459. The molecule has 2 heterocycles. The minimum Gasteiger partial charge on any atom is -0.330 e. The molecule has 0 fully saturated rings. The van der Waals surface area contributed by atoms with Crippen LogP contribution in [0.1, 0.15) is 11.5 Å². The van der Waals surface area contributed by atoms with Crippen molar-refractivity contribution in [2.24, 2.45) is 12.8 Å². The van der Waals surface area contributed by atoms with Crippen molar-refractivity contribution in [2.45, 2.75) is 13.1 Å². The molecule has 2 N–H and O–H groups in total. The van der Waals surface area contributed by atoms with E-state index in [1.807, 2.05) is 22.4 Å². The first-order chi connectivity index (χ1) is 7.20. The zero-order chi connectivity index (χ0) is 10.8. The number of hydrogen-bond acceptors (Lipinski definition) is 3. The first kappa shape index (κ1) is 10.2. The van der Waals surface area contributed by atoms with Crippen molar-refractivity contribution in [3.8, 4) is 0 Å². The summed E-state index contributed by atoms with van der Waals surface area (Å²) < 4.78 is 3.77. The molecule has 2 aromatic heterocycles. The Morgan fingerprint density at radius 1 is 1.47 bits per heavy atom. The van der Waals surface area contributed by atoms with Gasteiger partial charge in [0.15, 0.2) is 0 Å². The summed E-state index contributed by atoms with van der Waals surface area (Å²) in [6.45, 7) is 1.10. The van der Waals surface area contributed by atoms with Crippen LogP contribution in [0.25, 0.3) is 0 Å². The number of rotatable bonds is 3. The third kappa shape index (κ3) is 2.03. The second kappa shape index (κ2) is 4.04. The molecule has 2 aromatic rings. The molecule has 0 radical (unpaired) electrons. The average Bonchev–Trinajstić information content (AvgIpc) is 2.80. The predicted octanol–water partition coefficient (Wildman–Crippen LogP) is 0.777. The molecular formula is C9H12ClN5. The van der Waals surface area contributed by atoms with Crippen molar-refractivity contribution in [3.63, 3.8) is 0 Å². The lowest BCUT2D eigenvalue weighted by Crippen LogP contribution is -2.04. The van der Waals surface area contributed by atoms with Crippen LogP contribution in [-0.2, 0) is 20.1 Å². The molecule has 80 valence electrons. The number of imidazole rings is 2. The van der Waals surface area contributed by atoms with Gasteiger partial charge < -0.3 is 14.9 Å². The van der Waals surface area contributed by atoms with Gasteiger partial charge in [0.2, 0.25) is 0 Å². The highest BCUT2D eigenvalue weighted by molar-refractivity contribution is 6.29. The molecule has 0 spiro atoms. The number of nitrogens with zero attached hydrogens (tertiary/aromatic N) is 4. The second-order valence-electron chi connectivity index (χ2n) is 3.30. The molecule has 5 nitrogen and oxygen atoms in total. The first-order valence-electron chi connectivity index (χ1n) is 4.57. The third-order valence-corrected chi connectivity index (χ3v) is 2.60. The van der Waals surface area contributed by atoms with Crippen molar-refractivity contribution in [2.75, 3.05) is 0 Å². The Morgan fingerprint density at radius 3 is 2.80 bits per heavy atom. The van der Waals surface area contributed by atoms with E-state index < -0.39 is 0 Å². The molecule has 0 amide bonds. The van der Waals surface area contributed by atoms with Gasteiger partial charge in [-0.3, -0.25) is 0 Å². The Balaban J connectivity index is 2.18. The lowest BCUT2D eigenvalue weighted by molar-refractivity contribution is 0.698. The largest absolute Gasteiger partial charge is 0.330 e. The maximum absolute atomic E-state index is 5.88. The Labute approximate surface area is 92.5 Å². The lowest BCUT2D eigenvalue weighted by Gasteiger charge is -2.02. The van der Waals surface area contributed by atoms with Crippen LogP contribution in [0, 0.1) is 0 Å². The molecule has 0 saturated heterocycles. The highest BCUT2D eigenvalue weighted by atomic mass is 35.5. The highest BCUT2D eigenvalue weighted by Gasteiger charge is 2.05. The predicted molar refractivity (Wildman–Crippen MR) is 57.4 cm³/mol. The highest BCUT2D eigenvalue weighted by Crippen LogP contribution is 2.10. The number of hydrogen-bond donors (Lipinski definition) is 1. The van der Waals surface area contributed by atoms with Gasteiger partial charge in [-0.1, -0.05) is 11.6 Å². The summed E-state index contributed by atoms with van der Waals surface area (Å²) in [6, 6.07) is 0. The molecular weight excluding hydrogens is 214 g/mol. The summed E-state index contributed by atoms with van der Waals surface area (Å²) in [5.41, 5.74) is 6.34. The van der Waals surface area contributed by atoms with Crippen LogP contribution in [0.5, 0.6) is 0 Å². The van der Waals surface area contributed by atoms with E-state index in [0.29, 0.717) is 18.2 Å². The standard InChI is InChI=1S/C9H12ClN5/c1-14-8(10)3-12-9(14)5-15-4-7(2-11)13-6-15/h3-4,6H,2,5,11H2,1H3. The normalized spacial score (nSPS) is 10.9. The van der Waals surface area contributed by atoms with Crippen LogP contribution >= 0.6 is 11.6 Å². The van der Waals surface area contributed by atoms with Crippen molar-refractivity contribution >= 4 is 11.6 Å². The smallest absolute Gasteiger partial charge is 0.129 e. The van der Waals surface area contributed by atoms with E-state index in [-0.39, 0.29) is 0 Å². The summed E-state index contributed by atoms with van der Waals surface area (Å²) in [6.07, 6.45) is 5.28. The quantitative estimate of drug-likeness (QED) is 0.840. The van der Waals surface area contributed by atoms with Crippen molar-refractivity contribution in [1.29, 1.82) is 0 Å². The van der Waals surface area contributed by atoms with E-state index in [9.17, 15) is 0 Å². The van der Waals surface area contributed by atoms with E-state index in [0.717, 1.165) is 11.5 Å². The van der Waals surface area contributed by atoms with Gasteiger partial charge in [-0.2, -0.15) is 0 Å². The van der Waals surface area contributed by atoms with Gasteiger partial charge in [0.1, 0.15) is 11.0 Å². The first-order valence-corrected chi connectivity index (χ1v) is 4.95. The molecule has 0 unspecified atom stereocenters. The molecule has 2 rings (SSSR count). The summed E-state index contributed by atoms with van der Waals surface area (Å²) in [5, 5.41) is 0.629. The Morgan fingerprint density at radius 2 is 2.27 bits per heavy atom. The van der Waals surface area contributed by atoms with E-state index in [1.165, 1.54) is 0 Å². The van der Waals surface area contributed by atoms with Gasteiger partial charge in [-0.25, -0.2) is 9.97 Å². The van der Waals surface area contributed by atoms with Gasteiger partial charge >= 0.3 is 0 Å². The van der Waals surface area contributed by atoms with Crippen LogP contribution in [0.15, 0.2) is 18.7 Å². The van der Waals surface area contributed by atoms with Crippen LogP contribution in [0.3, 0.4) is 0 Å². The fourth-order valence-corrected chi connectivity index (χ4v) is 1.48. The number of nitrogens with two attached hydrogens (primary N) is 1. The minimum atomic E-state index is 0.453.